The molecule has 1 aromatic carbocycles. The third-order valence-corrected chi connectivity index (χ3v) is 3.60. The van der Waals surface area contributed by atoms with E-state index >= 15 is 0 Å². The molecular formula is C14H20FNO2. The summed E-state index contributed by atoms with van der Waals surface area (Å²) in [6, 6.07) is 5.12. The molecule has 3 N–H and O–H groups in total. The standard InChI is InChI=1S/C14H20FNO2/c1-10-4-2-6-12(13(10)15)18-11-5-3-7-14(16,8-11)9-17/h2,4,6,11,17H,3,5,7-9,16H2,1H3. The molecule has 2 unspecified atom stereocenters. The predicted octanol–water partition coefficient (Wildman–Crippen LogP) is 2.15. The Morgan fingerprint density at radius 3 is 3.06 bits per heavy atom. The Hall–Kier alpha value is -1.13. The lowest BCUT2D eigenvalue weighted by Gasteiger charge is -2.36. The van der Waals surface area contributed by atoms with Gasteiger partial charge in [0.1, 0.15) is 6.10 Å². The van der Waals surface area contributed by atoms with Gasteiger partial charge < -0.3 is 15.6 Å². The summed E-state index contributed by atoms with van der Waals surface area (Å²) in [5, 5.41) is 9.28. The van der Waals surface area contributed by atoms with Gasteiger partial charge in [0.05, 0.1) is 6.61 Å². The molecule has 1 saturated carbocycles. The van der Waals surface area contributed by atoms with Gasteiger partial charge in [0.25, 0.3) is 0 Å². The number of aliphatic hydroxyl groups is 1. The van der Waals surface area contributed by atoms with Gasteiger partial charge >= 0.3 is 0 Å². The van der Waals surface area contributed by atoms with Gasteiger partial charge in [-0.05, 0) is 37.8 Å². The molecule has 2 rings (SSSR count). The second-order valence-electron chi connectivity index (χ2n) is 5.24. The van der Waals surface area contributed by atoms with E-state index in [4.69, 9.17) is 10.5 Å². The number of aryl methyl sites for hydroxylation is 1. The lowest BCUT2D eigenvalue weighted by molar-refractivity contribution is 0.0704. The molecule has 18 heavy (non-hydrogen) atoms. The highest BCUT2D eigenvalue weighted by molar-refractivity contribution is 5.30. The number of aliphatic hydroxyl groups excluding tert-OH is 1. The van der Waals surface area contributed by atoms with Crippen molar-refractivity contribution in [3.63, 3.8) is 0 Å². The molecule has 0 aromatic heterocycles. The number of ether oxygens (including phenoxy) is 1. The van der Waals surface area contributed by atoms with Crippen LogP contribution < -0.4 is 10.5 Å². The maximum Gasteiger partial charge on any atom is 0.167 e. The SMILES string of the molecule is Cc1cccc(OC2CCCC(N)(CO)C2)c1F. The molecule has 1 aliphatic carbocycles. The van der Waals surface area contributed by atoms with Crippen LogP contribution in [-0.4, -0.2) is 23.4 Å². The van der Waals surface area contributed by atoms with Crippen molar-refractivity contribution in [3.05, 3.63) is 29.6 Å². The minimum Gasteiger partial charge on any atom is -0.487 e. The Labute approximate surface area is 107 Å². The summed E-state index contributed by atoms with van der Waals surface area (Å²) in [5.74, 6) is -0.0307. The minimum atomic E-state index is -0.580. The first kappa shape index (κ1) is 13.3. The summed E-state index contributed by atoms with van der Waals surface area (Å²) in [7, 11) is 0. The zero-order valence-electron chi connectivity index (χ0n) is 10.7. The Balaban J connectivity index is 2.07. The van der Waals surface area contributed by atoms with Crippen molar-refractivity contribution in [1.29, 1.82) is 0 Å². The quantitative estimate of drug-likeness (QED) is 0.867. The fourth-order valence-electron chi connectivity index (χ4n) is 2.47. The molecular weight excluding hydrogens is 233 g/mol. The van der Waals surface area contributed by atoms with Gasteiger partial charge in [-0.3, -0.25) is 0 Å². The van der Waals surface area contributed by atoms with Crippen molar-refractivity contribution in [2.75, 3.05) is 6.61 Å². The van der Waals surface area contributed by atoms with Gasteiger partial charge in [-0.15, -0.1) is 0 Å². The average molecular weight is 253 g/mol. The number of rotatable bonds is 3. The van der Waals surface area contributed by atoms with Gasteiger partial charge in [0.2, 0.25) is 0 Å². The van der Waals surface area contributed by atoms with E-state index in [-0.39, 0.29) is 24.3 Å². The van der Waals surface area contributed by atoms with Crippen LogP contribution in [0.1, 0.15) is 31.2 Å². The highest BCUT2D eigenvalue weighted by Crippen LogP contribution is 2.30. The van der Waals surface area contributed by atoms with Gasteiger partial charge in [-0.1, -0.05) is 12.1 Å². The smallest absolute Gasteiger partial charge is 0.167 e. The van der Waals surface area contributed by atoms with Gasteiger partial charge in [-0.2, -0.15) is 0 Å². The zero-order valence-corrected chi connectivity index (χ0v) is 10.7. The summed E-state index contributed by atoms with van der Waals surface area (Å²) in [4.78, 5) is 0. The van der Waals surface area contributed by atoms with Gasteiger partial charge in [-0.25, -0.2) is 4.39 Å². The summed E-state index contributed by atoms with van der Waals surface area (Å²) in [6.07, 6.45) is 2.99. The molecule has 1 aromatic rings. The van der Waals surface area contributed by atoms with Crippen LogP contribution in [0.3, 0.4) is 0 Å². The topological polar surface area (TPSA) is 55.5 Å². The third-order valence-electron chi connectivity index (χ3n) is 3.60. The molecule has 0 bridgehead atoms. The molecule has 0 amide bonds. The summed E-state index contributed by atoms with van der Waals surface area (Å²) < 4.78 is 19.5. The Morgan fingerprint density at radius 1 is 1.56 bits per heavy atom. The maximum atomic E-state index is 13.8. The van der Waals surface area contributed by atoms with Crippen LogP contribution in [0.4, 0.5) is 4.39 Å². The normalized spacial score (nSPS) is 28.1. The Kier molecular flexibility index (Phi) is 3.88. The zero-order chi connectivity index (χ0) is 13.2. The van der Waals surface area contributed by atoms with Crippen molar-refractivity contribution in [3.8, 4) is 5.75 Å². The van der Waals surface area contributed by atoms with E-state index in [2.05, 4.69) is 0 Å². The van der Waals surface area contributed by atoms with E-state index in [1.54, 1.807) is 25.1 Å². The average Bonchev–Trinajstić information content (AvgIpc) is 2.35. The lowest BCUT2D eigenvalue weighted by Crippen LogP contribution is -2.50. The van der Waals surface area contributed by atoms with E-state index in [0.717, 1.165) is 19.3 Å². The number of hydrogen-bond donors (Lipinski definition) is 2. The lowest BCUT2D eigenvalue weighted by atomic mass is 9.81. The predicted molar refractivity (Wildman–Crippen MR) is 68.0 cm³/mol. The van der Waals surface area contributed by atoms with E-state index in [0.29, 0.717) is 12.0 Å². The van der Waals surface area contributed by atoms with Crippen LogP contribution in [0.5, 0.6) is 5.75 Å². The summed E-state index contributed by atoms with van der Waals surface area (Å²) in [5.41, 5.74) is 6.04. The first-order valence-electron chi connectivity index (χ1n) is 6.35. The maximum absolute atomic E-state index is 13.8. The van der Waals surface area contributed by atoms with E-state index in [1.165, 1.54) is 0 Å². The van der Waals surface area contributed by atoms with E-state index in [9.17, 15) is 9.50 Å². The van der Waals surface area contributed by atoms with E-state index < -0.39 is 5.54 Å². The molecule has 1 fully saturated rings. The van der Waals surface area contributed by atoms with Gasteiger partial charge in [0, 0.05) is 12.0 Å². The Bertz CT molecular complexity index is 424. The molecule has 0 radical (unpaired) electrons. The molecule has 0 saturated heterocycles. The largest absolute Gasteiger partial charge is 0.487 e. The fraction of sp³-hybridized carbons (Fsp3) is 0.571. The molecule has 0 aliphatic heterocycles. The highest BCUT2D eigenvalue weighted by Gasteiger charge is 2.33. The fourth-order valence-corrected chi connectivity index (χ4v) is 2.47. The van der Waals surface area contributed by atoms with Crippen LogP contribution in [0.25, 0.3) is 0 Å². The van der Waals surface area contributed by atoms with Crippen LogP contribution in [0.2, 0.25) is 0 Å². The van der Waals surface area contributed by atoms with Crippen molar-refractivity contribution in [1.82, 2.24) is 0 Å². The molecule has 3 nitrogen and oxygen atoms in total. The minimum absolute atomic E-state index is 0.0524. The van der Waals surface area contributed by atoms with Crippen molar-refractivity contribution in [2.24, 2.45) is 5.73 Å². The Morgan fingerprint density at radius 2 is 2.33 bits per heavy atom. The van der Waals surface area contributed by atoms with Crippen molar-refractivity contribution < 1.29 is 14.2 Å². The number of hydrogen-bond acceptors (Lipinski definition) is 3. The second-order valence-corrected chi connectivity index (χ2v) is 5.24. The van der Waals surface area contributed by atoms with Crippen molar-refractivity contribution in [2.45, 2.75) is 44.2 Å². The number of benzene rings is 1. The molecule has 2 atom stereocenters. The molecule has 4 heteroatoms. The van der Waals surface area contributed by atoms with Crippen LogP contribution >= 0.6 is 0 Å². The molecule has 0 heterocycles. The molecule has 0 spiro atoms. The molecule has 100 valence electrons. The highest BCUT2D eigenvalue weighted by atomic mass is 19.1. The monoisotopic (exact) mass is 253 g/mol. The first-order chi connectivity index (χ1) is 8.54. The van der Waals surface area contributed by atoms with Crippen LogP contribution in [0.15, 0.2) is 18.2 Å². The van der Waals surface area contributed by atoms with Crippen LogP contribution in [-0.2, 0) is 0 Å². The van der Waals surface area contributed by atoms with Gasteiger partial charge in [0.15, 0.2) is 11.6 Å². The number of halogens is 1. The first-order valence-corrected chi connectivity index (χ1v) is 6.35. The summed E-state index contributed by atoms with van der Waals surface area (Å²) >= 11 is 0. The summed E-state index contributed by atoms with van der Waals surface area (Å²) in [6.45, 7) is 1.66. The third kappa shape index (κ3) is 2.82. The number of nitrogens with two attached hydrogens (primary N) is 1. The second kappa shape index (κ2) is 5.24. The van der Waals surface area contributed by atoms with E-state index in [1.807, 2.05) is 0 Å². The molecule has 1 aliphatic rings. The van der Waals surface area contributed by atoms with Crippen LogP contribution in [0, 0.1) is 12.7 Å². The van der Waals surface area contributed by atoms with Crippen molar-refractivity contribution >= 4 is 0 Å².